The fraction of sp³-hybridized carbons (Fsp3) is 0.200. The van der Waals surface area contributed by atoms with Crippen LogP contribution in [0.4, 0.5) is 13.2 Å². The zero-order valence-electron chi connectivity index (χ0n) is 14.8. The van der Waals surface area contributed by atoms with Crippen LogP contribution in [0, 0.1) is 0 Å². The normalized spacial score (nSPS) is 13.2. The van der Waals surface area contributed by atoms with E-state index in [1.807, 2.05) is 34.2 Å². The van der Waals surface area contributed by atoms with Crippen LogP contribution in [0.5, 0.6) is 0 Å². The van der Waals surface area contributed by atoms with E-state index < -0.39 is 17.8 Å². The highest BCUT2D eigenvalue weighted by Gasteiger charge is 2.30. The van der Waals surface area contributed by atoms with Crippen LogP contribution in [-0.2, 0) is 12.7 Å². The van der Waals surface area contributed by atoms with Gasteiger partial charge < -0.3 is 9.67 Å². The van der Waals surface area contributed by atoms with Gasteiger partial charge in [-0.05, 0) is 31.2 Å². The number of imidazole rings is 1. The number of fused-ring (bicyclic) bond motifs is 1. The number of benzene rings is 2. The third-order valence-electron chi connectivity index (χ3n) is 4.39. The van der Waals surface area contributed by atoms with Gasteiger partial charge in [-0.3, -0.25) is 0 Å². The lowest BCUT2D eigenvalue weighted by molar-refractivity contribution is -0.137. The molecule has 2 aromatic carbocycles. The number of aliphatic hydroxyl groups is 1. The number of aliphatic hydroxyl groups excluding tert-OH is 1. The van der Waals surface area contributed by atoms with Crippen molar-refractivity contribution in [3.63, 3.8) is 0 Å². The minimum absolute atomic E-state index is 0.415. The summed E-state index contributed by atoms with van der Waals surface area (Å²) in [5.74, 6) is 0.547. The molecule has 0 saturated carbocycles. The minimum Gasteiger partial charge on any atom is -0.385 e. The molecule has 1 unspecified atom stereocenters. The minimum atomic E-state index is -4.35. The standard InChI is InChI=1S/C20H16F3N3OS/c1-12(27)18-25-16-4-2-3-5-17(16)26(18)10-15-11-28-19(24-15)13-6-8-14(9-7-13)20(21,22)23/h2-9,11-12,27H,10H2,1H3. The SMILES string of the molecule is CC(O)c1nc2ccccc2n1Cc1csc(-c2ccc(C(F)(F)F)cc2)n1. The summed E-state index contributed by atoms with van der Waals surface area (Å²) >= 11 is 1.37. The van der Waals surface area contributed by atoms with Crippen molar-refractivity contribution >= 4 is 22.4 Å². The van der Waals surface area contributed by atoms with Gasteiger partial charge in [-0.15, -0.1) is 11.3 Å². The van der Waals surface area contributed by atoms with Gasteiger partial charge in [-0.1, -0.05) is 24.3 Å². The van der Waals surface area contributed by atoms with Gasteiger partial charge in [0.05, 0.1) is 28.8 Å². The number of alkyl halides is 3. The zero-order valence-corrected chi connectivity index (χ0v) is 15.6. The molecular weight excluding hydrogens is 387 g/mol. The Hall–Kier alpha value is -2.71. The number of halogens is 3. The van der Waals surface area contributed by atoms with Crippen LogP contribution in [0.25, 0.3) is 21.6 Å². The van der Waals surface area contributed by atoms with Crippen molar-refractivity contribution < 1.29 is 18.3 Å². The Bertz CT molecular complexity index is 1110. The fourth-order valence-corrected chi connectivity index (χ4v) is 3.87. The highest BCUT2D eigenvalue weighted by atomic mass is 32.1. The van der Waals surface area contributed by atoms with Gasteiger partial charge in [-0.25, -0.2) is 9.97 Å². The molecule has 0 amide bonds. The average Bonchev–Trinajstić information content (AvgIpc) is 3.27. The predicted octanol–water partition coefficient (Wildman–Crippen LogP) is 5.28. The molecule has 0 bridgehead atoms. The summed E-state index contributed by atoms with van der Waals surface area (Å²) in [4.78, 5) is 9.05. The molecule has 8 heteroatoms. The topological polar surface area (TPSA) is 50.9 Å². The van der Waals surface area contributed by atoms with Gasteiger partial charge in [0.15, 0.2) is 0 Å². The third-order valence-corrected chi connectivity index (χ3v) is 5.33. The number of nitrogens with zero attached hydrogens (tertiary/aromatic N) is 3. The van der Waals surface area contributed by atoms with E-state index >= 15 is 0 Å². The maximum absolute atomic E-state index is 12.7. The first-order chi connectivity index (χ1) is 13.3. The van der Waals surface area contributed by atoms with Crippen LogP contribution in [0.1, 0.15) is 30.1 Å². The molecule has 4 aromatic rings. The average molecular weight is 403 g/mol. The number of para-hydroxylation sites is 2. The van der Waals surface area contributed by atoms with Gasteiger partial charge in [0.2, 0.25) is 0 Å². The Balaban J connectivity index is 1.64. The molecule has 1 atom stereocenters. The summed E-state index contributed by atoms with van der Waals surface area (Å²) in [6.07, 6.45) is -5.09. The molecule has 1 N–H and O–H groups in total. The molecule has 0 aliphatic rings. The van der Waals surface area contributed by atoms with Gasteiger partial charge in [-0.2, -0.15) is 13.2 Å². The first-order valence-electron chi connectivity index (χ1n) is 8.58. The monoisotopic (exact) mass is 403 g/mol. The molecule has 0 radical (unpaired) electrons. The van der Waals surface area contributed by atoms with Crippen molar-refractivity contribution in [2.45, 2.75) is 25.7 Å². The van der Waals surface area contributed by atoms with E-state index in [2.05, 4.69) is 9.97 Å². The van der Waals surface area contributed by atoms with Crippen molar-refractivity contribution in [2.75, 3.05) is 0 Å². The van der Waals surface area contributed by atoms with Gasteiger partial charge in [0, 0.05) is 10.9 Å². The van der Waals surface area contributed by atoms with Crippen LogP contribution in [0.15, 0.2) is 53.9 Å². The molecule has 0 aliphatic carbocycles. The van der Waals surface area contributed by atoms with Crippen molar-refractivity contribution in [3.8, 4) is 10.6 Å². The van der Waals surface area contributed by atoms with Crippen molar-refractivity contribution in [2.24, 2.45) is 0 Å². The zero-order chi connectivity index (χ0) is 19.9. The predicted molar refractivity (Wildman–Crippen MR) is 102 cm³/mol. The molecule has 0 saturated heterocycles. The molecule has 4 rings (SSSR count). The van der Waals surface area contributed by atoms with Crippen molar-refractivity contribution in [3.05, 3.63) is 71.0 Å². The van der Waals surface area contributed by atoms with Gasteiger partial charge in [0.25, 0.3) is 0 Å². The Morgan fingerprint density at radius 3 is 2.46 bits per heavy atom. The van der Waals surface area contributed by atoms with Crippen LogP contribution in [0.3, 0.4) is 0 Å². The maximum atomic E-state index is 12.7. The second kappa shape index (κ2) is 7.03. The number of hydrogen-bond donors (Lipinski definition) is 1. The van der Waals surface area contributed by atoms with Crippen molar-refractivity contribution in [1.29, 1.82) is 0 Å². The first kappa shape index (κ1) is 18.6. The summed E-state index contributed by atoms with van der Waals surface area (Å²) in [7, 11) is 0. The lowest BCUT2D eigenvalue weighted by atomic mass is 10.1. The number of hydrogen-bond acceptors (Lipinski definition) is 4. The fourth-order valence-electron chi connectivity index (χ4n) is 3.06. The second-order valence-electron chi connectivity index (χ2n) is 6.44. The molecule has 0 spiro atoms. The largest absolute Gasteiger partial charge is 0.416 e. The van der Waals surface area contributed by atoms with Crippen LogP contribution >= 0.6 is 11.3 Å². The Morgan fingerprint density at radius 2 is 1.79 bits per heavy atom. The molecular formula is C20H16F3N3OS. The summed E-state index contributed by atoms with van der Waals surface area (Å²) in [5, 5.41) is 12.6. The summed E-state index contributed by atoms with van der Waals surface area (Å²) < 4.78 is 40.1. The summed E-state index contributed by atoms with van der Waals surface area (Å²) in [5.41, 5.74) is 2.39. The maximum Gasteiger partial charge on any atom is 0.416 e. The third kappa shape index (κ3) is 3.53. The molecule has 144 valence electrons. The Kier molecular flexibility index (Phi) is 4.68. The van der Waals surface area contributed by atoms with Crippen LogP contribution in [-0.4, -0.2) is 19.6 Å². The quantitative estimate of drug-likeness (QED) is 0.504. The van der Waals surface area contributed by atoms with E-state index in [4.69, 9.17) is 0 Å². The van der Waals surface area contributed by atoms with Crippen LogP contribution in [0.2, 0.25) is 0 Å². The van der Waals surface area contributed by atoms with Gasteiger partial charge >= 0.3 is 6.18 Å². The van der Waals surface area contributed by atoms with E-state index in [0.717, 1.165) is 28.9 Å². The number of thiazole rings is 1. The van der Waals surface area contributed by atoms with E-state index in [-0.39, 0.29) is 0 Å². The molecule has 2 heterocycles. The number of aromatic nitrogens is 3. The van der Waals surface area contributed by atoms with Gasteiger partial charge in [0.1, 0.15) is 16.9 Å². The molecule has 0 fully saturated rings. The van der Waals surface area contributed by atoms with E-state index in [0.29, 0.717) is 22.9 Å². The molecule has 2 aromatic heterocycles. The first-order valence-corrected chi connectivity index (χ1v) is 9.46. The van der Waals surface area contributed by atoms with E-state index in [9.17, 15) is 18.3 Å². The van der Waals surface area contributed by atoms with Crippen molar-refractivity contribution in [1.82, 2.24) is 14.5 Å². The Morgan fingerprint density at radius 1 is 1.07 bits per heavy atom. The molecule has 0 aliphatic heterocycles. The highest BCUT2D eigenvalue weighted by molar-refractivity contribution is 7.13. The van der Waals surface area contributed by atoms with Crippen LogP contribution < -0.4 is 0 Å². The summed E-state index contributed by atoms with van der Waals surface area (Å²) in [6, 6.07) is 12.6. The lowest BCUT2D eigenvalue weighted by Crippen LogP contribution is -2.08. The Labute approximate surface area is 162 Å². The van der Waals surface area contributed by atoms with E-state index in [1.54, 1.807) is 6.92 Å². The highest BCUT2D eigenvalue weighted by Crippen LogP contribution is 2.32. The lowest BCUT2D eigenvalue weighted by Gasteiger charge is -2.09. The smallest absolute Gasteiger partial charge is 0.385 e. The summed E-state index contributed by atoms with van der Waals surface area (Å²) in [6.45, 7) is 2.07. The molecule has 4 nitrogen and oxygen atoms in total. The number of rotatable bonds is 4. The second-order valence-corrected chi connectivity index (χ2v) is 7.30. The molecule has 28 heavy (non-hydrogen) atoms. The van der Waals surface area contributed by atoms with E-state index in [1.165, 1.54) is 23.5 Å².